The molecule has 1 aromatic carbocycles. The monoisotopic (exact) mass is 304 g/mol. The molecule has 0 unspecified atom stereocenters. The van der Waals surface area contributed by atoms with Crippen molar-refractivity contribution in [2.75, 3.05) is 0 Å². The van der Waals surface area contributed by atoms with Crippen molar-refractivity contribution in [2.24, 2.45) is 10.9 Å². The minimum atomic E-state index is -0.586. The van der Waals surface area contributed by atoms with Crippen molar-refractivity contribution in [1.29, 1.82) is 0 Å². The van der Waals surface area contributed by atoms with E-state index in [1.165, 1.54) is 12.5 Å². The number of benzene rings is 1. The van der Waals surface area contributed by atoms with Crippen molar-refractivity contribution in [3.63, 3.8) is 0 Å². The van der Waals surface area contributed by atoms with E-state index in [1.54, 1.807) is 12.1 Å². The molecule has 0 aromatic heterocycles. The molecule has 0 saturated heterocycles. The molecule has 0 fully saturated rings. The third-order valence-electron chi connectivity index (χ3n) is 4.36. The van der Waals surface area contributed by atoms with Crippen molar-refractivity contribution in [2.45, 2.75) is 58.1 Å². The molecule has 1 N–H and O–H groups in total. The highest BCUT2D eigenvalue weighted by Crippen LogP contribution is 2.36. The summed E-state index contributed by atoms with van der Waals surface area (Å²) in [4.78, 5) is 15.1. The zero-order valence-corrected chi connectivity index (χ0v) is 13.2. The Morgan fingerprint density at radius 1 is 1.50 bits per heavy atom. The first-order chi connectivity index (χ1) is 10.6. The van der Waals surface area contributed by atoms with Crippen LogP contribution in [0.3, 0.4) is 0 Å². The van der Waals surface area contributed by atoms with Crippen LogP contribution in [0.2, 0.25) is 0 Å². The maximum absolute atomic E-state index is 10.9. The molecule has 0 heterocycles. The van der Waals surface area contributed by atoms with Crippen LogP contribution >= 0.6 is 0 Å². The number of nitro groups is 1. The Bertz CT molecular complexity index is 557. The van der Waals surface area contributed by atoms with Gasteiger partial charge in [0, 0.05) is 24.8 Å². The minimum Gasteiger partial charge on any atom is -0.390 e. The number of aliphatic hydroxyl groups is 1. The summed E-state index contributed by atoms with van der Waals surface area (Å²) < 4.78 is 0. The molecule has 0 aliphatic heterocycles. The SMILES string of the molecule is CCCC[C@H](C=N[C@@H]1c2cc([N+](=O)[O-])ccc2C[C@H]1O)CC. The Morgan fingerprint density at radius 3 is 2.91 bits per heavy atom. The van der Waals surface area contributed by atoms with Crippen LogP contribution in [0.25, 0.3) is 0 Å². The second-order valence-corrected chi connectivity index (χ2v) is 5.97. The average molecular weight is 304 g/mol. The largest absolute Gasteiger partial charge is 0.390 e. The molecule has 0 amide bonds. The number of rotatable bonds is 7. The van der Waals surface area contributed by atoms with Crippen LogP contribution < -0.4 is 0 Å². The number of hydrogen-bond donors (Lipinski definition) is 1. The van der Waals surface area contributed by atoms with E-state index in [-0.39, 0.29) is 11.7 Å². The smallest absolute Gasteiger partial charge is 0.269 e. The second-order valence-electron chi connectivity index (χ2n) is 5.97. The lowest BCUT2D eigenvalue weighted by Gasteiger charge is -2.13. The first kappa shape index (κ1) is 16.6. The van der Waals surface area contributed by atoms with Crippen LogP contribution in [0, 0.1) is 16.0 Å². The van der Waals surface area contributed by atoms with Crippen molar-refractivity contribution < 1.29 is 10.0 Å². The van der Waals surface area contributed by atoms with Gasteiger partial charge in [-0.05, 0) is 29.9 Å². The summed E-state index contributed by atoms with van der Waals surface area (Å²) in [6.45, 7) is 4.30. The molecule has 1 aromatic rings. The predicted molar refractivity (Wildman–Crippen MR) is 87.3 cm³/mol. The number of aliphatic imine (C=N–C) groups is 1. The van der Waals surface area contributed by atoms with E-state index in [2.05, 4.69) is 18.8 Å². The molecule has 5 heteroatoms. The number of aliphatic hydroxyl groups excluding tert-OH is 1. The highest BCUT2D eigenvalue weighted by Gasteiger charge is 2.32. The Hall–Kier alpha value is -1.75. The van der Waals surface area contributed by atoms with Crippen LogP contribution in [0.1, 0.15) is 56.7 Å². The molecule has 0 radical (unpaired) electrons. The first-order valence-corrected chi connectivity index (χ1v) is 8.05. The van der Waals surface area contributed by atoms with Gasteiger partial charge < -0.3 is 5.11 Å². The third-order valence-corrected chi connectivity index (χ3v) is 4.36. The van der Waals surface area contributed by atoms with Crippen LogP contribution in [0.4, 0.5) is 5.69 Å². The van der Waals surface area contributed by atoms with Gasteiger partial charge in [-0.2, -0.15) is 0 Å². The molecule has 1 aliphatic rings. The van der Waals surface area contributed by atoms with Crippen LogP contribution in [-0.2, 0) is 6.42 Å². The van der Waals surface area contributed by atoms with Crippen molar-refractivity contribution in [3.05, 3.63) is 39.4 Å². The maximum Gasteiger partial charge on any atom is 0.269 e. The van der Waals surface area contributed by atoms with Crippen molar-refractivity contribution in [1.82, 2.24) is 0 Å². The molecule has 3 atom stereocenters. The molecular weight excluding hydrogens is 280 g/mol. The summed E-state index contributed by atoms with van der Waals surface area (Å²) in [5.74, 6) is 0.412. The second kappa shape index (κ2) is 7.49. The van der Waals surface area contributed by atoms with Gasteiger partial charge >= 0.3 is 0 Å². The van der Waals surface area contributed by atoms with E-state index < -0.39 is 11.0 Å². The van der Waals surface area contributed by atoms with E-state index in [4.69, 9.17) is 0 Å². The zero-order chi connectivity index (χ0) is 16.1. The van der Waals surface area contributed by atoms with E-state index in [1.807, 2.05) is 6.21 Å². The molecule has 2 rings (SSSR count). The van der Waals surface area contributed by atoms with Crippen molar-refractivity contribution >= 4 is 11.9 Å². The Balaban J connectivity index is 2.18. The van der Waals surface area contributed by atoms with E-state index >= 15 is 0 Å². The lowest BCUT2D eigenvalue weighted by atomic mass is 10.0. The van der Waals surface area contributed by atoms with Crippen LogP contribution in [0.15, 0.2) is 23.2 Å². The molecule has 0 bridgehead atoms. The van der Waals surface area contributed by atoms with Crippen LogP contribution in [0.5, 0.6) is 0 Å². The van der Waals surface area contributed by atoms with E-state index in [9.17, 15) is 15.2 Å². The number of nitrogens with zero attached hydrogens (tertiary/aromatic N) is 2. The first-order valence-electron chi connectivity index (χ1n) is 8.05. The molecular formula is C17H24N2O3. The quantitative estimate of drug-likeness (QED) is 0.472. The highest BCUT2D eigenvalue weighted by molar-refractivity contribution is 5.62. The summed E-state index contributed by atoms with van der Waals surface area (Å²) in [5.41, 5.74) is 1.82. The molecule has 0 spiro atoms. The average Bonchev–Trinajstić information content (AvgIpc) is 2.82. The van der Waals surface area contributed by atoms with Gasteiger partial charge in [-0.25, -0.2) is 0 Å². The van der Waals surface area contributed by atoms with Gasteiger partial charge in [0.1, 0.15) is 6.04 Å². The molecule has 5 nitrogen and oxygen atoms in total. The normalized spacial score (nSPS) is 22.0. The summed E-state index contributed by atoms with van der Waals surface area (Å²) in [5, 5.41) is 21.1. The molecule has 1 aliphatic carbocycles. The number of nitro benzene ring substituents is 1. The Kier molecular flexibility index (Phi) is 5.66. The third kappa shape index (κ3) is 3.71. The zero-order valence-electron chi connectivity index (χ0n) is 13.2. The van der Waals surface area contributed by atoms with Gasteiger partial charge in [0.25, 0.3) is 5.69 Å². The molecule has 120 valence electrons. The van der Waals surface area contributed by atoms with Crippen molar-refractivity contribution in [3.8, 4) is 0 Å². The maximum atomic E-state index is 10.9. The lowest BCUT2D eigenvalue weighted by Crippen LogP contribution is -2.12. The number of non-ortho nitro benzene ring substituents is 1. The van der Waals surface area contributed by atoms with E-state index in [0.29, 0.717) is 12.3 Å². The van der Waals surface area contributed by atoms with Gasteiger partial charge in [-0.1, -0.05) is 32.8 Å². The molecule has 0 saturated carbocycles. The predicted octanol–water partition coefficient (Wildman–Crippen LogP) is 3.84. The topological polar surface area (TPSA) is 75.7 Å². The fourth-order valence-corrected chi connectivity index (χ4v) is 2.95. The van der Waals surface area contributed by atoms with Gasteiger partial charge in [0.2, 0.25) is 0 Å². The van der Waals surface area contributed by atoms with E-state index in [0.717, 1.165) is 30.4 Å². The van der Waals surface area contributed by atoms with Gasteiger partial charge in [0.05, 0.1) is 11.0 Å². The van der Waals surface area contributed by atoms with Gasteiger partial charge in [0.15, 0.2) is 0 Å². The summed E-state index contributed by atoms with van der Waals surface area (Å²) >= 11 is 0. The lowest BCUT2D eigenvalue weighted by molar-refractivity contribution is -0.384. The van der Waals surface area contributed by atoms with Crippen LogP contribution in [-0.4, -0.2) is 22.3 Å². The number of hydrogen-bond acceptors (Lipinski definition) is 4. The standard InChI is InChI=1S/C17H24N2O3/c1-3-5-6-12(4-2)11-18-17-15-10-14(19(21)22)8-7-13(15)9-16(17)20/h7-8,10-12,16-17,20H,3-6,9H2,1-2H3/t12-,16-,17-/m1/s1. The number of unbranched alkanes of at least 4 members (excludes halogenated alkanes) is 1. The number of fused-ring (bicyclic) bond motifs is 1. The Morgan fingerprint density at radius 2 is 2.27 bits per heavy atom. The van der Waals surface area contributed by atoms with Gasteiger partial charge in [-0.15, -0.1) is 0 Å². The highest BCUT2D eigenvalue weighted by atomic mass is 16.6. The summed E-state index contributed by atoms with van der Waals surface area (Å²) in [6, 6.07) is 4.42. The minimum absolute atomic E-state index is 0.0612. The summed E-state index contributed by atoms with van der Waals surface area (Å²) in [7, 11) is 0. The molecule has 22 heavy (non-hydrogen) atoms. The Labute approximate surface area is 131 Å². The fraction of sp³-hybridized carbons (Fsp3) is 0.588. The summed E-state index contributed by atoms with van der Waals surface area (Å²) in [6.07, 6.45) is 6.32. The fourth-order valence-electron chi connectivity index (χ4n) is 2.95. The van der Waals surface area contributed by atoms with Gasteiger partial charge in [-0.3, -0.25) is 15.1 Å².